The smallest absolute Gasteiger partial charge is 0.328 e. The first kappa shape index (κ1) is 8.67. The van der Waals surface area contributed by atoms with Crippen molar-refractivity contribution in [1.29, 1.82) is 0 Å². The maximum atomic E-state index is 11.1. The van der Waals surface area contributed by atoms with Crippen molar-refractivity contribution in [3.05, 3.63) is 34.5 Å². The Balaban J connectivity index is 2.68. The number of thiophene rings is 1. The highest BCUT2D eigenvalue weighted by Crippen LogP contribution is 2.09. The zero-order chi connectivity index (χ0) is 8.97. The summed E-state index contributed by atoms with van der Waals surface area (Å²) in [5.41, 5.74) is 0. The third kappa shape index (κ3) is 2.32. The van der Waals surface area contributed by atoms with E-state index >= 15 is 0 Å². The molecule has 0 saturated carbocycles. The second kappa shape index (κ2) is 3.82. The molecule has 0 aliphatic carbocycles. The molecule has 0 radical (unpaired) electrons. The number of allylic oxidation sites excluding steroid dienone is 1. The summed E-state index contributed by atoms with van der Waals surface area (Å²) in [5.74, 6) is -1.38. The first-order chi connectivity index (χ1) is 5.70. The number of carbonyl (C=O) groups excluding carboxylic acids is 1. The van der Waals surface area contributed by atoms with E-state index in [4.69, 9.17) is 5.11 Å². The van der Waals surface area contributed by atoms with Gasteiger partial charge < -0.3 is 5.11 Å². The van der Waals surface area contributed by atoms with Crippen LogP contribution in [0.15, 0.2) is 29.7 Å². The van der Waals surface area contributed by atoms with Gasteiger partial charge in [0.15, 0.2) is 5.78 Å². The quantitative estimate of drug-likeness (QED) is 0.570. The lowest BCUT2D eigenvalue weighted by atomic mass is 10.3. The Morgan fingerprint density at radius 1 is 1.42 bits per heavy atom. The summed E-state index contributed by atoms with van der Waals surface area (Å²) in [6.45, 7) is 0. The van der Waals surface area contributed by atoms with E-state index in [0.29, 0.717) is 4.88 Å². The van der Waals surface area contributed by atoms with Crippen LogP contribution in [0.3, 0.4) is 0 Å². The van der Waals surface area contributed by atoms with Gasteiger partial charge in [-0.05, 0) is 17.5 Å². The van der Waals surface area contributed by atoms with Crippen LogP contribution in [0.2, 0.25) is 0 Å². The topological polar surface area (TPSA) is 54.4 Å². The summed E-state index contributed by atoms with van der Waals surface area (Å²) >= 11 is 1.29. The lowest BCUT2D eigenvalue weighted by Gasteiger charge is -1.84. The van der Waals surface area contributed by atoms with E-state index in [1.165, 1.54) is 11.3 Å². The summed E-state index contributed by atoms with van der Waals surface area (Å²) in [6, 6.07) is 3.39. The minimum atomic E-state index is -1.11. The summed E-state index contributed by atoms with van der Waals surface area (Å²) in [4.78, 5) is 21.7. The molecule has 0 amide bonds. The van der Waals surface area contributed by atoms with Crippen molar-refractivity contribution in [1.82, 2.24) is 0 Å². The SMILES string of the molecule is O=C(O)C=CC(=O)c1cccs1. The number of carboxylic acids is 1. The molecule has 0 aromatic carbocycles. The molecule has 4 heteroatoms. The van der Waals surface area contributed by atoms with Gasteiger partial charge in [0.1, 0.15) is 0 Å². The van der Waals surface area contributed by atoms with Crippen molar-refractivity contribution in [2.75, 3.05) is 0 Å². The molecule has 0 unspecified atom stereocenters. The fourth-order valence-corrected chi connectivity index (χ4v) is 1.29. The van der Waals surface area contributed by atoms with E-state index in [9.17, 15) is 9.59 Å². The Morgan fingerprint density at radius 2 is 2.17 bits per heavy atom. The molecule has 1 heterocycles. The van der Waals surface area contributed by atoms with Gasteiger partial charge >= 0.3 is 5.97 Å². The lowest BCUT2D eigenvalue weighted by Crippen LogP contribution is -1.93. The van der Waals surface area contributed by atoms with Gasteiger partial charge in [0, 0.05) is 6.08 Å². The maximum absolute atomic E-state index is 11.1. The number of carbonyl (C=O) groups is 2. The van der Waals surface area contributed by atoms with Gasteiger partial charge in [0.2, 0.25) is 0 Å². The van der Waals surface area contributed by atoms with Crippen molar-refractivity contribution in [3.63, 3.8) is 0 Å². The van der Waals surface area contributed by atoms with Crippen molar-refractivity contribution < 1.29 is 14.7 Å². The average Bonchev–Trinajstić information content (AvgIpc) is 2.51. The number of hydrogen-bond acceptors (Lipinski definition) is 3. The minimum Gasteiger partial charge on any atom is -0.478 e. The molecule has 0 bridgehead atoms. The van der Waals surface area contributed by atoms with Crippen LogP contribution < -0.4 is 0 Å². The zero-order valence-corrected chi connectivity index (χ0v) is 6.88. The average molecular weight is 182 g/mol. The molecular formula is C8H6O3S. The second-order valence-electron chi connectivity index (χ2n) is 2.01. The molecule has 0 atom stereocenters. The lowest BCUT2D eigenvalue weighted by molar-refractivity contribution is -0.131. The fraction of sp³-hybridized carbons (Fsp3) is 0. The van der Waals surface area contributed by atoms with Crippen molar-refractivity contribution in [2.45, 2.75) is 0 Å². The standard InChI is InChI=1S/C8H6O3S/c9-6(3-4-8(10)11)7-2-1-5-12-7/h1-5H,(H,10,11). The van der Waals surface area contributed by atoms with Crippen molar-refractivity contribution in [2.24, 2.45) is 0 Å². The van der Waals surface area contributed by atoms with Crippen LogP contribution in [0.5, 0.6) is 0 Å². The van der Waals surface area contributed by atoms with Gasteiger partial charge in [-0.3, -0.25) is 4.79 Å². The highest BCUT2D eigenvalue weighted by molar-refractivity contribution is 7.12. The molecule has 1 N–H and O–H groups in total. The summed E-state index contributed by atoms with van der Waals surface area (Å²) < 4.78 is 0. The Bertz CT molecular complexity index is 311. The predicted octanol–water partition coefficient (Wildman–Crippen LogP) is 1.57. The molecule has 1 aromatic rings. The van der Waals surface area contributed by atoms with Crippen LogP contribution >= 0.6 is 11.3 Å². The Morgan fingerprint density at radius 3 is 2.67 bits per heavy atom. The van der Waals surface area contributed by atoms with E-state index in [-0.39, 0.29) is 5.78 Å². The Labute approximate surface area is 73.0 Å². The molecule has 1 aromatic heterocycles. The molecule has 62 valence electrons. The molecule has 3 nitrogen and oxygen atoms in total. The monoisotopic (exact) mass is 182 g/mol. The Hall–Kier alpha value is -1.42. The summed E-state index contributed by atoms with van der Waals surface area (Å²) in [7, 11) is 0. The van der Waals surface area contributed by atoms with Gasteiger partial charge in [-0.25, -0.2) is 4.79 Å². The molecule has 0 aliphatic heterocycles. The molecular weight excluding hydrogens is 176 g/mol. The molecule has 1 rings (SSSR count). The number of hydrogen-bond donors (Lipinski definition) is 1. The van der Waals surface area contributed by atoms with E-state index in [2.05, 4.69) is 0 Å². The van der Waals surface area contributed by atoms with E-state index in [1.807, 2.05) is 0 Å². The maximum Gasteiger partial charge on any atom is 0.328 e. The van der Waals surface area contributed by atoms with Crippen LogP contribution in [-0.4, -0.2) is 16.9 Å². The summed E-state index contributed by atoms with van der Waals surface area (Å²) in [5, 5.41) is 9.99. The number of carboxylic acid groups (broad SMARTS) is 1. The Kier molecular flexibility index (Phi) is 2.76. The summed E-state index contributed by atoms with van der Waals surface area (Å²) in [6.07, 6.45) is 1.89. The van der Waals surface area contributed by atoms with E-state index < -0.39 is 5.97 Å². The normalized spacial score (nSPS) is 10.3. The number of ketones is 1. The van der Waals surface area contributed by atoms with Gasteiger partial charge in [-0.2, -0.15) is 0 Å². The van der Waals surface area contributed by atoms with Crippen LogP contribution in [0.1, 0.15) is 9.67 Å². The minimum absolute atomic E-state index is 0.271. The van der Waals surface area contributed by atoms with Crippen LogP contribution in [0.4, 0.5) is 0 Å². The molecule has 0 aliphatic rings. The first-order valence-electron chi connectivity index (χ1n) is 3.19. The molecule has 0 spiro atoms. The first-order valence-corrected chi connectivity index (χ1v) is 4.07. The zero-order valence-electron chi connectivity index (χ0n) is 6.06. The third-order valence-corrected chi connectivity index (χ3v) is 2.03. The van der Waals surface area contributed by atoms with Crippen molar-refractivity contribution in [3.8, 4) is 0 Å². The predicted molar refractivity (Wildman–Crippen MR) is 45.4 cm³/mol. The van der Waals surface area contributed by atoms with Crippen LogP contribution in [-0.2, 0) is 4.79 Å². The van der Waals surface area contributed by atoms with Crippen LogP contribution in [0, 0.1) is 0 Å². The van der Waals surface area contributed by atoms with Gasteiger partial charge in [-0.1, -0.05) is 6.07 Å². The number of rotatable bonds is 3. The highest BCUT2D eigenvalue weighted by Gasteiger charge is 2.01. The van der Waals surface area contributed by atoms with Gasteiger partial charge in [0.05, 0.1) is 4.88 Å². The number of aliphatic carboxylic acids is 1. The highest BCUT2D eigenvalue weighted by atomic mass is 32.1. The third-order valence-electron chi connectivity index (χ3n) is 1.14. The van der Waals surface area contributed by atoms with Gasteiger partial charge in [0.25, 0.3) is 0 Å². The fourth-order valence-electron chi connectivity index (χ4n) is 0.648. The largest absolute Gasteiger partial charge is 0.478 e. The second-order valence-corrected chi connectivity index (χ2v) is 2.96. The molecule has 12 heavy (non-hydrogen) atoms. The van der Waals surface area contributed by atoms with Crippen LogP contribution in [0.25, 0.3) is 0 Å². The van der Waals surface area contributed by atoms with E-state index in [1.54, 1.807) is 17.5 Å². The molecule has 0 fully saturated rings. The van der Waals surface area contributed by atoms with Gasteiger partial charge in [-0.15, -0.1) is 11.3 Å². The van der Waals surface area contributed by atoms with Crippen molar-refractivity contribution >= 4 is 23.1 Å². The van der Waals surface area contributed by atoms with E-state index in [0.717, 1.165) is 12.2 Å². The molecule has 0 saturated heterocycles.